The van der Waals surface area contributed by atoms with Crippen molar-refractivity contribution in [2.75, 3.05) is 6.61 Å². The van der Waals surface area contributed by atoms with Crippen LogP contribution in [0.5, 0.6) is 11.5 Å². The van der Waals surface area contributed by atoms with E-state index in [4.69, 9.17) is 32.7 Å². The quantitative estimate of drug-likeness (QED) is 0.682. The van der Waals surface area contributed by atoms with Crippen LogP contribution >= 0.6 is 23.2 Å². The smallest absolute Gasteiger partial charge is 0.284 e. The summed E-state index contributed by atoms with van der Waals surface area (Å²) in [5.41, 5.74) is 2.92. The van der Waals surface area contributed by atoms with E-state index < -0.39 is 12.0 Å². The van der Waals surface area contributed by atoms with Crippen LogP contribution < -0.4 is 14.9 Å². The molecule has 2 aromatic rings. The molecule has 7 heteroatoms. The van der Waals surface area contributed by atoms with Gasteiger partial charge in [0.1, 0.15) is 6.61 Å². The number of ether oxygens (including phenoxy) is 2. The van der Waals surface area contributed by atoms with E-state index in [1.165, 1.54) is 6.21 Å². The van der Waals surface area contributed by atoms with Gasteiger partial charge in [-0.05, 0) is 24.3 Å². The van der Waals surface area contributed by atoms with E-state index in [9.17, 15) is 4.79 Å². The zero-order valence-electron chi connectivity index (χ0n) is 11.8. The van der Waals surface area contributed by atoms with Crippen molar-refractivity contribution in [3.63, 3.8) is 0 Å². The first-order valence-electron chi connectivity index (χ1n) is 6.80. The lowest BCUT2D eigenvalue weighted by Gasteiger charge is -2.24. The highest BCUT2D eigenvalue weighted by molar-refractivity contribution is 6.38. The second-order valence-electron chi connectivity index (χ2n) is 4.73. The number of nitrogens with one attached hydrogen (secondary N) is 1. The molecule has 0 radical (unpaired) electrons. The molecule has 0 saturated heterocycles. The van der Waals surface area contributed by atoms with Gasteiger partial charge in [0, 0.05) is 5.56 Å². The highest BCUT2D eigenvalue weighted by Crippen LogP contribution is 2.30. The molecule has 3 rings (SSSR count). The standard InChI is InChI=1S/C16H12Cl2N2O3/c17-11-4-3-5-12(18)10(11)8-19-20-16(21)15-9-22-13-6-1-2-7-14(13)23-15/h1-8,15H,9H2,(H,20,21)/b19-8-/t15-/m1/s1. The Morgan fingerprint density at radius 2 is 1.83 bits per heavy atom. The van der Waals surface area contributed by atoms with Crippen molar-refractivity contribution in [3.8, 4) is 11.5 Å². The summed E-state index contributed by atoms with van der Waals surface area (Å²) in [6.45, 7) is 0.116. The monoisotopic (exact) mass is 350 g/mol. The summed E-state index contributed by atoms with van der Waals surface area (Å²) in [5, 5.41) is 4.76. The number of benzene rings is 2. The van der Waals surface area contributed by atoms with Gasteiger partial charge in [-0.2, -0.15) is 5.10 Å². The minimum atomic E-state index is -0.774. The third kappa shape index (κ3) is 3.57. The average Bonchev–Trinajstić information content (AvgIpc) is 2.57. The number of nitrogens with zero attached hydrogens (tertiary/aromatic N) is 1. The summed E-state index contributed by atoms with van der Waals surface area (Å²) in [4.78, 5) is 12.1. The Morgan fingerprint density at radius 3 is 2.57 bits per heavy atom. The van der Waals surface area contributed by atoms with Crippen molar-refractivity contribution in [1.29, 1.82) is 0 Å². The first kappa shape index (κ1) is 15.6. The first-order chi connectivity index (χ1) is 11.1. The van der Waals surface area contributed by atoms with Crippen molar-refractivity contribution in [3.05, 3.63) is 58.1 Å². The molecule has 0 fully saturated rings. The molecule has 1 amide bonds. The Bertz CT molecular complexity index is 744. The number of fused-ring (bicyclic) bond motifs is 1. The molecule has 0 bridgehead atoms. The van der Waals surface area contributed by atoms with Crippen LogP contribution in [0.25, 0.3) is 0 Å². The van der Waals surface area contributed by atoms with Gasteiger partial charge in [0.25, 0.3) is 5.91 Å². The summed E-state index contributed by atoms with van der Waals surface area (Å²) < 4.78 is 11.1. The third-order valence-electron chi connectivity index (χ3n) is 3.17. The van der Waals surface area contributed by atoms with E-state index in [0.717, 1.165) is 0 Å². The summed E-state index contributed by atoms with van der Waals surface area (Å²) in [7, 11) is 0. The molecule has 2 aromatic carbocycles. The average molecular weight is 351 g/mol. The molecule has 0 unspecified atom stereocenters. The summed E-state index contributed by atoms with van der Waals surface area (Å²) in [5.74, 6) is 0.721. The first-order valence-corrected chi connectivity index (χ1v) is 7.56. The van der Waals surface area contributed by atoms with Gasteiger partial charge in [-0.3, -0.25) is 4.79 Å². The number of carbonyl (C=O) groups is 1. The second-order valence-corrected chi connectivity index (χ2v) is 5.55. The molecule has 0 spiro atoms. The molecule has 23 heavy (non-hydrogen) atoms. The van der Waals surface area contributed by atoms with Gasteiger partial charge in [0.2, 0.25) is 6.10 Å². The Balaban J connectivity index is 1.63. The van der Waals surface area contributed by atoms with Gasteiger partial charge in [-0.25, -0.2) is 5.43 Å². The number of amides is 1. The largest absolute Gasteiger partial charge is 0.485 e. The summed E-state index contributed by atoms with van der Waals surface area (Å²) in [6, 6.07) is 12.3. The molecule has 0 aliphatic carbocycles. The maximum Gasteiger partial charge on any atom is 0.284 e. The van der Waals surface area contributed by atoms with Crippen LogP contribution in [0.2, 0.25) is 10.0 Å². The number of hydrogen-bond donors (Lipinski definition) is 1. The molecule has 1 N–H and O–H groups in total. The molecular weight excluding hydrogens is 339 g/mol. The normalized spacial score (nSPS) is 16.3. The number of carbonyl (C=O) groups excluding carboxylic acids is 1. The van der Waals surface area contributed by atoms with E-state index in [1.807, 2.05) is 6.07 Å². The molecule has 1 aliphatic heterocycles. The summed E-state index contributed by atoms with van der Waals surface area (Å²) in [6.07, 6.45) is 0.615. The van der Waals surface area contributed by atoms with Crippen LogP contribution in [0.3, 0.4) is 0 Å². The Hall–Kier alpha value is -2.24. The zero-order valence-corrected chi connectivity index (χ0v) is 13.3. The molecule has 1 atom stereocenters. The lowest BCUT2D eigenvalue weighted by atomic mass is 10.2. The van der Waals surface area contributed by atoms with Crippen molar-refractivity contribution < 1.29 is 14.3 Å². The maximum absolute atomic E-state index is 12.1. The fourth-order valence-corrected chi connectivity index (χ4v) is 2.51. The molecule has 5 nitrogen and oxygen atoms in total. The second kappa shape index (κ2) is 6.89. The number of hydrogen-bond acceptors (Lipinski definition) is 4. The minimum Gasteiger partial charge on any atom is -0.485 e. The SMILES string of the molecule is O=C(N/N=C\c1c(Cl)cccc1Cl)[C@H]1COc2ccccc2O1. The highest BCUT2D eigenvalue weighted by Gasteiger charge is 2.26. The number of rotatable bonds is 3. The molecular formula is C16H12Cl2N2O3. The van der Waals surface area contributed by atoms with Crippen LogP contribution in [0.15, 0.2) is 47.6 Å². The van der Waals surface area contributed by atoms with Gasteiger partial charge >= 0.3 is 0 Å². The number of halogens is 2. The van der Waals surface area contributed by atoms with E-state index in [-0.39, 0.29) is 6.61 Å². The predicted octanol–water partition coefficient (Wildman–Crippen LogP) is 3.28. The lowest BCUT2D eigenvalue weighted by molar-refractivity contribution is -0.130. The third-order valence-corrected chi connectivity index (χ3v) is 3.83. The van der Waals surface area contributed by atoms with E-state index in [1.54, 1.807) is 36.4 Å². The fraction of sp³-hybridized carbons (Fsp3) is 0.125. The van der Waals surface area contributed by atoms with Gasteiger partial charge in [0.15, 0.2) is 11.5 Å². The van der Waals surface area contributed by atoms with Crippen LogP contribution in [-0.2, 0) is 4.79 Å². The van der Waals surface area contributed by atoms with Crippen molar-refractivity contribution in [2.24, 2.45) is 5.10 Å². The Kier molecular flexibility index (Phi) is 4.69. The molecule has 0 saturated carbocycles. The fourth-order valence-electron chi connectivity index (χ4n) is 2.02. The van der Waals surface area contributed by atoms with Gasteiger partial charge in [0.05, 0.1) is 16.3 Å². The summed E-state index contributed by atoms with van der Waals surface area (Å²) >= 11 is 12.0. The van der Waals surface area contributed by atoms with E-state index >= 15 is 0 Å². The van der Waals surface area contributed by atoms with Crippen molar-refractivity contribution >= 4 is 35.3 Å². The van der Waals surface area contributed by atoms with Crippen molar-refractivity contribution in [1.82, 2.24) is 5.43 Å². The van der Waals surface area contributed by atoms with Crippen LogP contribution in [0.4, 0.5) is 0 Å². The van der Waals surface area contributed by atoms with Gasteiger partial charge < -0.3 is 9.47 Å². The molecule has 0 aromatic heterocycles. The van der Waals surface area contributed by atoms with E-state index in [0.29, 0.717) is 27.1 Å². The van der Waals surface area contributed by atoms with E-state index in [2.05, 4.69) is 10.5 Å². The minimum absolute atomic E-state index is 0.116. The highest BCUT2D eigenvalue weighted by atomic mass is 35.5. The molecule has 1 aliphatic rings. The molecule has 1 heterocycles. The van der Waals surface area contributed by atoms with Crippen LogP contribution in [0.1, 0.15) is 5.56 Å². The predicted molar refractivity (Wildman–Crippen MR) is 88.6 cm³/mol. The number of hydrazone groups is 1. The lowest BCUT2D eigenvalue weighted by Crippen LogP contribution is -2.42. The zero-order chi connectivity index (χ0) is 16.2. The van der Waals surface area contributed by atoms with Crippen LogP contribution in [-0.4, -0.2) is 24.8 Å². The maximum atomic E-state index is 12.1. The van der Waals surface area contributed by atoms with Crippen LogP contribution in [0, 0.1) is 0 Å². The van der Waals surface area contributed by atoms with Gasteiger partial charge in [-0.1, -0.05) is 41.4 Å². The number of para-hydroxylation sites is 2. The van der Waals surface area contributed by atoms with Crippen molar-refractivity contribution in [2.45, 2.75) is 6.10 Å². The Morgan fingerprint density at radius 1 is 1.13 bits per heavy atom. The molecule has 118 valence electrons. The van der Waals surface area contributed by atoms with Gasteiger partial charge in [-0.15, -0.1) is 0 Å². The topological polar surface area (TPSA) is 59.9 Å². The Labute approximate surface area is 142 Å².